The Labute approximate surface area is 141 Å². The first-order valence-electron chi connectivity index (χ1n) is 0. The van der Waals surface area contributed by atoms with Gasteiger partial charge in [0.2, 0.25) is 0 Å². The van der Waals surface area contributed by atoms with E-state index in [4.69, 9.17) is 0 Å². The summed E-state index contributed by atoms with van der Waals surface area (Å²) in [6.45, 7) is 0. The molecule has 0 fully saturated rings. The topological polar surface area (TPSA) is 114 Å². The second kappa shape index (κ2) is 358. The fourth-order valence-corrected chi connectivity index (χ4v) is 0. The molecule has 0 aliphatic carbocycles. The van der Waals surface area contributed by atoms with Crippen molar-refractivity contribution in [1.29, 1.82) is 0 Å². The van der Waals surface area contributed by atoms with Crippen molar-refractivity contribution >= 4 is 101 Å². The Hall–Kier alpha value is 3.25. The molecule has 0 heterocycles. The largest absolute Gasteiger partial charge is 4.00 e. The van der Waals surface area contributed by atoms with Crippen LogP contribution in [0.1, 0.15) is 0 Å². The molecule has 0 aromatic rings. The van der Waals surface area contributed by atoms with Gasteiger partial charge in [0.15, 0.2) is 0 Å². The van der Waals surface area contributed by atoms with Crippen molar-refractivity contribution in [3.63, 3.8) is 0 Å². The third-order valence-corrected chi connectivity index (χ3v) is 0. The molecule has 4 nitrogen and oxygen atoms in total. The van der Waals surface area contributed by atoms with Gasteiger partial charge in [-0.2, -0.15) is 0 Å². The molecule has 0 aromatic carbocycles. The normalized spacial score (nSPS) is 0. The molecule has 0 saturated carbocycles. The molecule has 9 radical (unpaired) electrons. The molecule has 0 N–H and O–H groups in total. The van der Waals surface area contributed by atoms with Crippen LogP contribution in [-0.4, -0.2) is 71.7 Å². The molecule has 14 heavy (non-hydrogen) atoms. The Morgan fingerprint density at radius 2 is 0.286 bits per heavy atom. The van der Waals surface area contributed by atoms with Crippen LogP contribution in [0.3, 0.4) is 0 Å². The van der Waals surface area contributed by atoms with Crippen LogP contribution in [0.25, 0.3) is 0 Å². The first-order chi connectivity index (χ1) is 0. The van der Waals surface area contributed by atoms with Crippen molar-refractivity contribution in [1.82, 2.24) is 0 Å². The first kappa shape index (κ1) is 432. The van der Waals surface area contributed by atoms with Gasteiger partial charge in [-0.15, -0.1) is 0 Å². The summed E-state index contributed by atoms with van der Waals surface area (Å²) in [6.07, 6.45) is 0. The van der Waals surface area contributed by atoms with E-state index < -0.39 is 0 Å². The minimum absolute atomic E-state index is 0. The summed E-state index contributed by atoms with van der Waals surface area (Å²) in [5.41, 5.74) is 0. The van der Waals surface area contributed by atoms with Crippen LogP contribution in [-0.2, 0) is 21.9 Å². The summed E-state index contributed by atoms with van der Waals surface area (Å²) in [4.78, 5) is 0. The van der Waals surface area contributed by atoms with Crippen LogP contribution in [0.5, 0.6) is 0 Å². The predicted octanol–water partition coefficient (Wildman–Crippen LogP) is -11.0. The van der Waals surface area contributed by atoms with Gasteiger partial charge in [0.1, 0.15) is 0 Å². The molecule has 0 unspecified atom stereocenters. The van der Waals surface area contributed by atoms with Crippen molar-refractivity contribution in [2.24, 2.45) is 0 Å². The first-order valence-corrected chi connectivity index (χ1v) is 0. The van der Waals surface area contributed by atoms with Crippen LogP contribution in [0.15, 0.2) is 0 Å². The van der Waals surface area contributed by atoms with Gasteiger partial charge in [-0.25, -0.2) is 0 Å². The molecule has 14 heteroatoms. The van der Waals surface area contributed by atoms with Gasteiger partial charge in [0.25, 0.3) is 0 Å². The van der Waals surface area contributed by atoms with Crippen molar-refractivity contribution in [3.8, 4) is 0 Å². The summed E-state index contributed by atoms with van der Waals surface area (Å²) in [5.74, 6) is 0. The molecule has 0 rings (SSSR count). The molecule has 79 valence electrons. The minimum atomic E-state index is 0. The molecule has 0 aliphatic heterocycles. The predicted molar refractivity (Wildman–Crippen MR) is 40.8 cm³/mol. The zero-order chi connectivity index (χ0) is 0. The molecule has 0 atom stereocenters. The zero-order valence-electron chi connectivity index (χ0n) is 5.99. The number of rotatable bonds is 0. The quantitative estimate of drug-likeness (QED) is 0.152. The van der Waals surface area contributed by atoms with Crippen LogP contribution >= 0.6 is 29.7 Å². The second-order valence-electron chi connectivity index (χ2n) is 0. The average molecular weight is 589 g/mol. The Kier molecular flexibility index (Phi) is 11100. The maximum atomic E-state index is 0. The Bertz CT molecular complexity index is 27.8. The van der Waals surface area contributed by atoms with E-state index in [-0.39, 0.29) is 142 Å². The van der Waals surface area contributed by atoms with Gasteiger partial charge < -0.3 is 40.7 Å². The molecule has 0 spiro atoms. The Morgan fingerprint density at radius 3 is 0.286 bits per heavy atom. The van der Waals surface area contributed by atoms with Crippen LogP contribution in [0.4, 0.5) is 0 Å². The molecule has 0 bridgehead atoms. The third-order valence-electron chi connectivity index (χ3n) is 0. The van der Waals surface area contributed by atoms with Gasteiger partial charge in [-0.05, 0) is 0 Å². The molecular formula is F4O4P3Sn3. The van der Waals surface area contributed by atoms with E-state index >= 15 is 0 Å². The SMILES string of the molecule is [F-].[F-].[F-].[F-].[O-2].[O-2].[O-2].[O-2].[P].[P].[P].[Sn+4].[Sn+4].[Sn+4]. The van der Waals surface area contributed by atoms with E-state index in [0.29, 0.717) is 0 Å². The van der Waals surface area contributed by atoms with E-state index in [1.165, 1.54) is 0 Å². The summed E-state index contributed by atoms with van der Waals surface area (Å²) < 4.78 is 0. The Morgan fingerprint density at radius 1 is 0.286 bits per heavy atom. The molecule has 0 aliphatic rings. The van der Waals surface area contributed by atoms with Crippen LogP contribution in [0, 0.1) is 0 Å². The average Bonchev–Trinajstić information content (AvgIpc) is 0. The van der Waals surface area contributed by atoms with E-state index in [0.717, 1.165) is 0 Å². The number of hydrogen-bond acceptors (Lipinski definition) is 0. The van der Waals surface area contributed by atoms with E-state index in [2.05, 4.69) is 0 Å². The summed E-state index contributed by atoms with van der Waals surface area (Å²) >= 11 is 0. The van der Waals surface area contributed by atoms with Gasteiger partial charge >= 0.3 is 71.7 Å². The van der Waals surface area contributed by atoms with Crippen LogP contribution in [0.2, 0.25) is 0 Å². The van der Waals surface area contributed by atoms with Crippen molar-refractivity contribution in [3.05, 3.63) is 0 Å². The second-order valence-corrected chi connectivity index (χ2v) is 0. The van der Waals surface area contributed by atoms with Gasteiger partial charge in [0, 0.05) is 29.7 Å². The summed E-state index contributed by atoms with van der Waals surface area (Å²) in [7, 11) is 0. The molecule has 0 amide bonds. The summed E-state index contributed by atoms with van der Waals surface area (Å²) in [5, 5.41) is 0. The number of halogens is 4. The summed E-state index contributed by atoms with van der Waals surface area (Å²) in [6, 6.07) is 0. The van der Waals surface area contributed by atoms with Crippen molar-refractivity contribution in [2.75, 3.05) is 0 Å². The fourth-order valence-electron chi connectivity index (χ4n) is 0. The molecule has 0 saturated heterocycles. The van der Waals surface area contributed by atoms with Crippen molar-refractivity contribution < 1.29 is 40.7 Å². The van der Waals surface area contributed by atoms with Crippen LogP contribution < -0.4 is 18.8 Å². The zero-order valence-corrected chi connectivity index (χ0v) is 17.2. The Balaban J connectivity index is 0. The van der Waals surface area contributed by atoms with Gasteiger partial charge in [0.05, 0.1) is 0 Å². The van der Waals surface area contributed by atoms with Crippen molar-refractivity contribution in [2.45, 2.75) is 0 Å². The minimum Gasteiger partial charge on any atom is -2.00 e. The fraction of sp³-hybridized carbons (Fsp3) is 0. The van der Waals surface area contributed by atoms with Gasteiger partial charge in [-0.3, -0.25) is 0 Å². The maximum absolute atomic E-state index is 0. The maximum Gasteiger partial charge on any atom is 4.00 e. The van der Waals surface area contributed by atoms with Gasteiger partial charge in [-0.1, -0.05) is 0 Å². The van der Waals surface area contributed by atoms with E-state index in [1.54, 1.807) is 0 Å². The monoisotopic (exact) mass is 593 g/mol. The standard InChI is InChI=1S/4FH.4O.3P.3Sn/h4*1H;;;;;;;;;;/q;;;;4*-2;;;;3*+4/p-4. The smallest absolute Gasteiger partial charge is 2.00 e. The number of hydrogen-bond donors (Lipinski definition) is 0. The van der Waals surface area contributed by atoms with E-state index in [9.17, 15) is 0 Å². The molecule has 0 aromatic heterocycles. The molecular weight excluding hydrogens is 589 g/mol. The van der Waals surface area contributed by atoms with E-state index in [1.807, 2.05) is 0 Å². The third kappa shape index (κ3) is 294.